The summed E-state index contributed by atoms with van der Waals surface area (Å²) in [6.07, 6.45) is 0.727. The van der Waals surface area contributed by atoms with Gasteiger partial charge in [-0.25, -0.2) is 0 Å². The monoisotopic (exact) mass is 462 g/mol. The number of amides is 2. The Bertz CT molecular complexity index is 931. The molecule has 6 heteroatoms. The van der Waals surface area contributed by atoms with Crippen LogP contribution in [0.1, 0.15) is 56.4 Å². The molecule has 1 atom stereocenters. The van der Waals surface area contributed by atoms with Crippen LogP contribution in [-0.2, 0) is 22.6 Å². The fourth-order valence-corrected chi connectivity index (χ4v) is 3.97. The zero-order valence-electron chi connectivity index (χ0n) is 19.2. The first-order valence-corrected chi connectivity index (χ1v) is 11.3. The van der Waals surface area contributed by atoms with Gasteiger partial charge in [0.1, 0.15) is 6.04 Å². The summed E-state index contributed by atoms with van der Waals surface area (Å²) in [5.74, 6) is -0.268. The van der Waals surface area contributed by atoms with E-state index < -0.39 is 11.6 Å². The van der Waals surface area contributed by atoms with E-state index in [4.69, 9.17) is 23.2 Å². The van der Waals surface area contributed by atoms with Gasteiger partial charge in [0.05, 0.1) is 16.5 Å². The average Bonchev–Trinajstić information content (AvgIpc) is 2.62. The fraction of sp³-hybridized carbons (Fsp3) is 0.440. The molecule has 0 bridgehead atoms. The maximum atomic E-state index is 13.4. The molecule has 2 rings (SSSR count). The number of nitrogens with zero attached hydrogens (tertiary/aromatic N) is 1. The van der Waals surface area contributed by atoms with Crippen LogP contribution >= 0.6 is 23.2 Å². The Morgan fingerprint density at radius 1 is 0.968 bits per heavy atom. The molecule has 0 heterocycles. The Kier molecular flexibility index (Phi) is 8.56. The van der Waals surface area contributed by atoms with Crippen LogP contribution in [0.4, 0.5) is 0 Å². The van der Waals surface area contributed by atoms with E-state index in [-0.39, 0.29) is 24.8 Å². The van der Waals surface area contributed by atoms with Gasteiger partial charge in [-0.2, -0.15) is 0 Å². The molecule has 0 fully saturated rings. The third kappa shape index (κ3) is 7.55. The predicted octanol–water partition coefficient (Wildman–Crippen LogP) is 5.87. The second-order valence-corrected chi connectivity index (χ2v) is 9.92. The van der Waals surface area contributed by atoms with E-state index in [1.165, 1.54) is 0 Å². The van der Waals surface area contributed by atoms with Gasteiger partial charge in [0, 0.05) is 12.1 Å². The highest BCUT2D eigenvalue weighted by Gasteiger charge is 2.30. The van der Waals surface area contributed by atoms with Crippen molar-refractivity contribution in [2.45, 2.75) is 72.5 Å². The summed E-state index contributed by atoms with van der Waals surface area (Å²) >= 11 is 12.2. The van der Waals surface area contributed by atoms with Gasteiger partial charge in [0.25, 0.3) is 0 Å². The van der Waals surface area contributed by atoms with Crippen LogP contribution in [0.15, 0.2) is 36.4 Å². The van der Waals surface area contributed by atoms with Crippen LogP contribution < -0.4 is 5.32 Å². The summed E-state index contributed by atoms with van der Waals surface area (Å²) in [6.45, 7) is 12.0. The molecule has 0 radical (unpaired) electrons. The lowest BCUT2D eigenvalue weighted by atomic mass is 10.0. The van der Waals surface area contributed by atoms with Gasteiger partial charge in [-0.05, 0) is 64.3 Å². The largest absolute Gasteiger partial charge is 0.350 e. The molecule has 0 unspecified atom stereocenters. The van der Waals surface area contributed by atoms with Crippen molar-refractivity contribution >= 4 is 35.0 Å². The number of nitrogens with one attached hydrogen (secondary N) is 1. The van der Waals surface area contributed by atoms with Crippen molar-refractivity contribution in [3.63, 3.8) is 0 Å². The topological polar surface area (TPSA) is 49.4 Å². The Labute approximate surface area is 195 Å². The van der Waals surface area contributed by atoms with E-state index in [0.29, 0.717) is 16.5 Å². The van der Waals surface area contributed by atoms with Crippen molar-refractivity contribution in [3.05, 3.63) is 68.7 Å². The first-order valence-electron chi connectivity index (χ1n) is 10.5. The van der Waals surface area contributed by atoms with Gasteiger partial charge in [0.15, 0.2) is 0 Å². The van der Waals surface area contributed by atoms with Crippen LogP contribution in [0, 0.1) is 13.8 Å². The number of rotatable bonds is 7. The maximum absolute atomic E-state index is 13.4. The molecule has 0 aliphatic carbocycles. The number of hydrogen-bond acceptors (Lipinski definition) is 2. The molecule has 0 spiro atoms. The SMILES string of the molecule is CC[C@H](C(=O)NC(C)(C)C)N(Cc1ccc(Cl)c(Cl)c1)C(=O)Cc1cc(C)cc(C)c1. The number of aryl methyl sites for hydroxylation is 2. The summed E-state index contributed by atoms with van der Waals surface area (Å²) in [6, 6.07) is 10.8. The summed E-state index contributed by atoms with van der Waals surface area (Å²) < 4.78 is 0. The molecule has 0 saturated heterocycles. The smallest absolute Gasteiger partial charge is 0.243 e. The van der Waals surface area contributed by atoms with Gasteiger partial charge < -0.3 is 10.2 Å². The summed E-state index contributed by atoms with van der Waals surface area (Å²) in [4.78, 5) is 28.2. The van der Waals surface area contributed by atoms with Gasteiger partial charge in [-0.3, -0.25) is 9.59 Å². The molecule has 1 N–H and O–H groups in total. The third-order valence-corrected chi connectivity index (χ3v) is 5.60. The van der Waals surface area contributed by atoms with E-state index in [9.17, 15) is 9.59 Å². The fourth-order valence-electron chi connectivity index (χ4n) is 3.65. The molecule has 168 valence electrons. The Morgan fingerprint density at radius 2 is 1.58 bits per heavy atom. The van der Waals surface area contributed by atoms with Crippen molar-refractivity contribution in [2.75, 3.05) is 0 Å². The summed E-state index contributed by atoms with van der Waals surface area (Å²) in [7, 11) is 0. The van der Waals surface area contributed by atoms with Crippen LogP contribution in [0.2, 0.25) is 10.0 Å². The zero-order valence-corrected chi connectivity index (χ0v) is 20.7. The number of halogens is 2. The standard InChI is InChI=1S/C25H32Cl2N2O2/c1-7-22(24(31)28-25(4,5)6)29(15-18-8-9-20(26)21(27)13-18)23(30)14-19-11-16(2)10-17(3)12-19/h8-13,22H,7,14-15H2,1-6H3,(H,28,31)/t22-/m1/s1. The van der Waals surface area contributed by atoms with Gasteiger partial charge in [-0.15, -0.1) is 0 Å². The Balaban J connectivity index is 2.37. The molecular weight excluding hydrogens is 431 g/mol. The highest BCUT2D eigenvalue weighted by atomic mass is 35.5. The molecule has 31 heavy (non-hydrogen) atoms. The highest BCUT2D eigenvalue weighted by Crippen LogP contribution is 2.24. The molecule has 2 aromatic rings. The van der Waals surface area contributed by atoms with E-state index in [2.05, 4.69) is 11.4 Å². The van der Waals surface area contributed by atoms with Crippen LogP contribution in [-0.4, -0.2) is 28.3 Å². The van der Waals surface area contributed by atoms with E-state index in [1.807, 2.05) is 59.7 Å². The molecule has 0 aromatic heterocycles. The predicted molar refractivity (Wildman–Crippen MR) is 129 cm³/mol. The normalized spacial score (nSPS) is 12.4. The van der Waals surface area contributed by atoms with Crippen molar-refractivity contribution in [1.82, 2.24) is 10.2 Å². The maximum Gasteiger partial charge on any atom is 0.243 e. The van der Waals surface area contributed by atoms with Gasteiger partial charge in [0.2, 0.25) is 11.8 Å². The van der Waals surface area contributed by atoms with Gasteiger partial charge in [-0.1, -0.05) is 65.5 Å². The van der Waals surface area contributed by atoms with E-state index in [1.54, 1.807) is 17.0 Å². The number of benzene rings is 2. The van der Waals surface area contributed by atoms with E-state index >= 15 is 0 Å². The van der Waals surface area contributed by atoms with Crippen LogP contribution in [0.3, 0.4) is 0 Å². The molecular formula is C25H32Cl2N2O2. The lowest BCUT2D eigenvalue weighted by molar-refractivity contribution is -0.141. The van der Waals surface area contributed by atoms with Crippen molar-refractivity contribution in [3.8, 4) is 0 Å². The number of hydrogen-bond donors (Lipinski definition) is 1. The van der Waals surface area contributed by atoms with Crippen molar-refractivity contribution in [1.29, 1.82) is 0 Å². The molecule has 2 aromatic carbocycles. The first-order chi connectivity index (χ1) is 14.4. The summed E-state index contributed by atoms with van der Waals surface area (Å²) in [5, 5.41) is 3.89. The Morgan fingerprint density at radius 3 is 2.10 bits per heavy atom. The molecule has 2 amide bonds. The van der Waals surface area contributed by atoms with Crippen molar-refractivity contribution in [2.24, 2.45) is 0 Å². The highest BCUT2D eigenvalue weighted by molar-refractivity contribution is 6.42. The van der Waals surface area contributed by atoms with Crippen molar-refractivity contribution < 1.29 is 9.59 Å². The zero-order chi connectivity index (χ0) is 23.3. The second kappa shape index (κ2) is 10.5. The lowest BCUT2D eigenvalue weighted by Gasteiger charge is -2.33. The first kappa shape index (κ1) is 25.2. The minimum Gasteiger partial charge on any atom is -0.350 e. The molecule has 4 nitrogen and oxygen atoms in total. The number of carbonyl (C=O) groups excluding carboxylic acids is 2. The molecule has 0 aliphatic heterocycles. The van der Waals surface area contributed by atoms with Crippen LogP contribution in [0.25, 0.3) is 0 Å². The quantitative estimate of drug-likeness (QED) is 0.558. The average molecular weight is 463 g/mol. The summed E-state index contributed by atoms with van der Waals surface area (Å²) in [5.41, 5.74) is 3.59. The molecule has 0 aliphatic rings. The third-order valence-electron chi connectivity index (χ3n) is 4.86. The second-order valence-electron chi connectivity index (χ2n) is 9.11. The molecule has 0 saturated carbocycles. The van der Waals surface area contributed by atoms with Gasteiger partial charge >= 0.3 is 0 Å². The Hall–Kier alpha value is -2.04. The number of carbonyl (C=O) groups is 2. The minimum absolute atomic E-state index is 0.105. The minimum atomic E-state index is -0.591. The lowest BCUT2D eigenvalue weighted by Crippen LogP contribution is -2.53. The van der Waals surface area contributed by atoms with E-state index in [0.717, 1.165) is 22.3 Å². The van der Waals surface area contributed by atoms with Crippen LogP contribution in [0.5, 0.6) is 0 Å².